The first-order valence-corrected chi connectivity index (χ1v) is 15.5. The Balaban J connectivity index is 2.23. The van der Waals surface area contributed by atoms with E-state index in [-0.39, 0.29) is 0 Å². The number of rotatable bonds is 16. The fraction of sp³-hybridized carbons (Fsp3) is 0.474. The second-order valence-electron chi connectivity index (χ2n) is 10.3. The molecule has 0 bridgehead atoms. The van der Waals surface area contributed by atoms with Gasteiger partial charge in [-0.25, -0.2) is 9.59 Å². The van der Waals surface area contributed by atoms with Crippen LogP contribution in [-0.4, -0.2) is 25.2 Å². The Kier molecular flexibility index (Phi) is 17.0. The summed E-state index contributed by atoms with van der Waals surface area (Å²) in [5.74, 6) is 17.1. The van der Waals surface area contributed by atoms with E-state index >= 15 is 0 Å². The maximum absolute atomic E-state index is 13.1. The average Bonchev–Trinajstić information content (AvgIpc) is 3.00. The van der Waals surface area contributed by atoms with Crippen LogP contribution in [0.4, 0.5) is 0 Å². The summed E-state index contributed by atoms with van der Waals surface area (Å²) in [7, 11) is 0. The van der Waals surface area contributed by atoms with Gasteiger partial charge in [0.05, 0.1) is 24.3 Å². The zero-order valence-electron chi connectivity index (χ0n) is 26.0. The molecule has 0 aliphatic carbocycles. The smallest absolute Gasteiger partial charge is 0.339 e. The highest BCUT2D eigenvalue weighted by atomic mass is 16.5. The van der Waals surface area contributed by atoms with E-state index in [4.69, 9.17) is 9.47 Å². The number of carbonyl (C=O) groups is 2. The number of carbonyl (C=O) groups excluding carboxylic acids is 2. The predicted octanol–water partition coefficient (Wildman–Crippen LogP) is 8.86. The monoisotopic (exact) mass is 566 g/mol. The second kappa shape index (κ2) is 20.9. The summed E-state index contributed by atoms with van der Waals surface area (Å²) in [6.45, 7) is 8.64. The lowest BCUT2D eigenvalue weighted by Crippen LogP contribution is -2.10. The molecule has 0 aliphatic heterocycles. The molecule has 2 aromatic rings. The lowest BCUT2D eigenvalue weighted by molar-refractivity contribution is 0.0488. The van der Waals surface area contributed by atoms with Gasteiger partial charge in [-0.1, -0.05) is 102 Å². The van der Waals surface area contributed by atoms with Crippen molar-refractivity contribution in [3.63, 3.8) is 0 Å². The molecule has 0 aliphatic rings. The number of hydrogen-bond acceptors (Lipinski definition) is 4. The van der Waals surface area contributed by atoms with Crippen LogP contribution < -0.4 is 0 Å². The van der Waals surface area contributed by atoms with Crippen LogP contribution in [0, 0.1) is 35.5 Å². The van der Waals surface area contributed by atoms with Gasteiger partial charge in [-0.3, -0.25) is 0 Å². The molecule has 0 heterocycles. The topological polar surface area (TPSA) is 52.6 Å². The van der Waals surface area contributed by atoms with Crippen LogP contribution in [0.25, 0.3) is 0 Å². The van der Waals surface area contributed by atoms with E-state index in [1.165, 1.54) is 38.5 Å². The molecular weight excluding hydrogens is 520 g/mol. The fourth-order valence-electron chi connectivity index (χ4n) is 4.47. The van der Waals surface area contributed by atoms with Crippen LogP contribution in [0.2, 0.25) is 0 Å². The molecule has 0 saturated heterocycles. The minimum absolute atomic E-state index is 0.370. The Morgan fingerprint density at radius 3 is 1.31 bits per heavy atom. The third-order valence-corrected chi connectivity index (χ3v) is 6.81. The van der Waals surface area contributed by atoms with E-state index in [0.29, 0.717) is 35.5 Å². The molecular formula is C38H46O4. The van der Waals surface area contributed by atoms with Crippen LogP contribution >= 0.6 is 0 Å². The molecule has 0 saturated carbocycles. The van der Waals surface area contributed by atoms with Crippen molar-refractivity contribution in [3.8, 4) is 35.5 Å². The number of benzene rings is 2. The third-order valence-electron chi connectivity index (χ3n) is 6.81. The fourth-order valence-corrected chi connectivity index (χ4v) is 4.47. The summed E-state index contributed by atoms with van der Waals surface area (Å²) in [6.07, 6.45) is 13.3. The largest absolute Gasteiger partial charge is 0.462 e. The maximum atomic E-state index is 13.1. The molecule has 42 heavy (non-hydrogen) atoms. The molecule has 0 radical (unpaired) electrons. The van der Waals surface area contributed by atoms with Crippen LogP contribution in [0.1, 0.15) is 148 Å². The number of ether oxygens (including phenoxy) is 2. The van der Waals surface area contributed by atoms with Gasteiger partial charge in [-0.2, -0.15) is 0 Å². The van der Waals surface area contributed by atoms with Crippen molar-refractivity contribution in [1.29, 1.82) is 0 Å². The van der Waals surface area contributed by atoms with Crippen LogP contribution in [0.5, 0.6) is 0 Å². The van der Waals surface area contributed by atoms with Gasteiger partial charge in [0.2, 0.25) is 0 Å². The van der Waals surface area contributed by atoms with Gasteiger partial charge in [-0.05, 0) is 63.1 Å². The first kappa shape index (κ1) is 34.3. The number of unbranched alkanes of at least 4 members (excludes halogenated alkanes) is 10. The van der Waals surface area contributed by atoms with E-state index in [1.807, 2.05) is 12.1 Å². The molecule has 0 atom stereocenters. The van der Waals surface area contributed by atoms with Gasteiger partial charge in [0.1, 0.15) is 0 Å². The Labute approximate surface area is 254 Å². The summed E-state index contributed by atoms with van der Waals surface area (Å²) in [4.78, 5) is 26.1. The van der Waals surface area contributed by atoms with Gasteiger partial charge in [-0.15, -0.1) is 11.8 Å². The van der Waals surface area contributed by atoms with Crippen molar-refractivity contribution in [2.45, 2.75) is 105 Å². The summed E-state index contributed by atoms with van der Waals surface area (Å²) in [6, 6.07) is 10.7. The molecule has 0 N–H and O–H groups in total. The van der Waals surface area contributed by atoms with Crippen molar-refractivity contribution >= 4 is 11.9 Å². The molecule has 0 fully saturated rings. The van der Waals surface area contributed by atoms with Gasteiger partial charge >= 0.3 is 11.9 Å². The average molecular weight is 567 g/mol. The molecule has 4 heteroatoms. The van der Waals surface area contributed by atoms with E-state index in [1.54, 1.807) is 38.1 Å². The van der Waals surface area contributed by atoms with Crippen LogP contribution in [-0.2, 0) is 9.47 Å². The SMILES string of the molecule is CC#Cc1ccc(C#Cc2ccc(C#CC)cc2C(=O)OCCCCCCCC)c(C(=O)OCCCCCCCC)c1. The molecule has 2 rings (SSSR count). The van der Waals surface area contributed by atoms with E-state index in [9.17, 15) is 9.59 Å². The first-order chi connectivity index (χ1) is 20.5. The standard InChI is InChI=1S/C38H46O4/c1-5-9-11-13-15-17-27-41-37(39)35-29-31(19-7-3)21-23-33(35)25-26-34-24-22-32(20-8-4)30-36(34)38(40)42-28-18-16-14-12-10-6-2/h21-24,29-30H,5-6,9-18,27-28H2,1-4H3. The minimum Gasteiger partial charge on any atom is -0.462 e. The molecule has 4 nitrogen and oxygen atoms in total. The Morgan fingerprint density at radius 1 is 0.548 bits per heavy atom. The zero-order valence-corrected chi connectivity index (χ0v) is 26.0. The van der Waals surface area contributed by atoms with Gasteiger partial charge in [0.25, 0.3) is 0 Å². The van der Waals surface area contributed by atoms with Crippen molar-refractivity contribution in [3.05, 3.63) is 69.8 Å². The van der Waals surface area contributed by atoms with Crippen LogP contribution in [0.3, 0.4) is 0 Å². The quantitative estimate of drug-likeness (QED) is 0.116. The maximum Gasteiger partial charge on any atom is 0.339 e. The van der Waals surface area contributed by atoms with Crippen molar-refractivity contribution in [2.75, 3.05) is 13.2 Å². The van der Waals surface area contributed by atoms with Crippen molar-refractivity contribution in [2.24, 2.45) is 0 Å². The van der Waals surface area contributed by atoms with E-state index in [0.717, 1.165) is 49.7 Å². The molecule has 0 amide bonds. The number of hydrogen-bond donors (Lipinski definition) is 0. The predicted molar refractivity (Wildman–Crippen MR) is 171 cm³/mol. The second-order valence-corrected chi connectivity index (χ2v) is 10.3. The van der Waals surface area contributed by atoms with Crippen molar-refractivity contribution in [1.82, 2.24) is 0 Å². The Bertz CT molecular complexity index is 1230. The minimum atomic E-state index is -0.417. The molecule has 0 aromatic heterocycles. The van der Waals surface area contributed by atoms with Gasteiger partial charge in [0.15, 0.2) is 0 Å². The summed E-state index contributed by atoms with van der Waals surface area (Å²) < 4.78 is 11.2. The highest BCUT2D eigenvalue weighted by molar-refractivity contribution is 5.94. The normalized spacial score (nSPS) is 9.90. The highest BCUT2D eigenvalue weighted by Crippen LogP contribution is 2.17. The molecule has 222 valence electrons. The lowest BCUT2D eigenvalue weighted by Gasteiger charge is -2.08. The molecule has 0 unspecified atom stereocenters. The highest BCUT2D eigenvalue weighted by Gasteiger charge is 2.15. The van der Waals surface area contributed by atoms with E-state index < -0.39 is 11.9 Å². The van der Waals surface area contributed by atoms with Gasteiger partial charge < -0.3 is 9.47 Å². The molecule has 0 spiro atoms. The van der Waals surface area contributed by atoms with E-state index in [2.05, 4.69) is 49.4 Å². The summed E-state index contributed by atoms with van der Waals surface area (Å²) in [5.41, 5.74) is 3.22. The summed E-state index contributed by atoms with van der Waals surface area (Å²) >= 11 is 0. The number of esters is 2. The Hall–Kier alpha value is -3.94. The molecule has 2 aromatic carbocycles. The third kappa shape index (κ3) is 12.7. The lowest BCUT2D eigenvalue weighted by atomic mass is 10.0. The first-order valence-electron chi connectivity index (χ1n) is 15.5. The summed E-state index contributed by atoms with van der Waals surface area (Å²) in [5, 5.41) is 0. The van der Waals surface area contributed by atoms with Crippen LogP contribution in [0.15, 0.2) is 36.4 Å². The Morgan fingerprint density at radius 2 is 0.929 bits per heavy atom. The zero-order chi connectivity index (χ0) is 30.4. The van der Waals surface area contributed by atoms with Crippen molar-refractivity contribution < 1.29 is 19.1 Å². The van der Waals surface area contributed by atoms with Gasteiger partial charge in [0, 0.05) is 22.3 Å².